The highest BCUT2D eigenvalue weighted by Crippen LogP contribution is 2.11. The van der Waals surface area contributed by atoms with Gasteiger partial charge in [0.15, 0.2) is 0 Å². The van der Waals surface area contributed by atoms with E-state index in [1.807, 2.05) is 0 Å². The molecular formula is C12H15ClN2O3. The van der Waals surface area contributed by atoms with Crippen LogP contribution in [-0.2, 0) is 16.0 Å². The minimum absolute atomic E-state index is 0.153. The predicted molar refractivity (Wildman–Crippen MR) is 69.7 cm³/mol. The SMILES string of the molecule is N[C@@H](Cc1ccc(NC(=O)CCCl)cc1)C(=O)O. The Morgan fingerprint density at radius 2 is 1.94 bits per heavy atom. The van der Waals surface area contributed by atoms with Crippen LogP contribution < -0.4 is 11.1 Å². The van der Waals surface area contributed by atoms with Gasteiger partial charge in [0.2, 0.25) is 5.91 Å². The number of benzene rings is 1. The Hall–Kier alpha value is -1.59. The van der Waals surface area contributed by atoms with E-state index < -0.39 is 12.0 Å². The Labute approximate surface area is 110 Å². The molecule has 0 unspecified atom stereocenters. The fraction of sp³-hybridized carbons (Fsp3) is 0.333. The number of aliphatic carboxylic acids is 1. The third kappa shape index (κ3) is 4.73. The van der Waals surface area contributed by atoms with Gasteiger partial charge >= 0.3 is 5.97 Å². The largest absolute Gasteiger partial charge is 0.480 e. The number of halogens is 1. The molecule has 0 aliphatic heterocycles. The number of rotatable bonds is 6. The van der Waals surface area contributed by atoms with Gasteiger partial charge in [-0.1, -0.05) is 12.1 Å². The maximum atomic E-state index is 11.3. The maximum Gasteiger partial charge on any atom is 0.320 e. The van der Waals surface area contributed by atoms with Crippen molar-refractivity contribution in [2.75, 3.05) is 11.2 Å². The van der Waals surface area contributed by atoms with Crippen molar-refractivity contribution in [3.8, 4) is 0 Å². The van der Waals surface area contributed by atoms with Gasteiger partial charge in [0.05, 0.1) is 0 Å². The van der Waals surface area contributed by atoms with E-state index in [-0.39, 0.29) is 24.6 Å². The number of carbonyl (C=O) groups is 2. The molecule has 0 saturated carbocycles. The van der Waals surface area contributed by atoms with E-state index in [1.165, 1.54) is 0 Å². The highest BCUT2D eigenvalue weighted by atomic mass is 35.5. The number of nitrogens with two attached hydrogens (primary N) is 1. The van der Waals surface area contributed by atoms with E-state index in [4.69, 9.17) is 22.4 Å². The summed E-state index contributed by atoms with van der Waals surface area (Å²) in [6.45, 7) is 0. The summed E-state index contributed by atoms with van der Waals surface area (Å²) in [6, 6.07) is 5.96. The summed E-state index contributed by atoms with van der Waals surface area (Å²) in [6.07, 6.45) is 0.512. The molecule has 0 aromatic heterocycles. The Morgan fingerprint density at radius 1 is 1.33 bits per heavy atom. The van der Waals surface area contributed by atoms with Crippen LogP contribution in [0, 0.1) is 0 Å². The van der Waals surface area contributed by atoms with E-state index in [0.717, 1.165) is 5.56 Å². The van der Waals surface area contributed by atoms with Crippen molar-refractivity contribution in [3.63, 3.8) is 0 Å². The van der Waals surface area contributed by atoms with Crippen molar-refractivity contribution >= 4 is 29.2 Å². The van der Waals surface area contributed by atoms with Gasteiger partial charge in [0.25, 0.3) is 0 Å². The molecular weight excluding hydrogens is 256 g/mol. The van der Waals surface area contributed by atoms with Crippen LogP contribution in [0.25, 0.3) is 0 Å². The minimum atomic E-state index is -1.03. The second kappa shape index (κ2) is 6.98. The summed E-state index contributed by atoms with van der Waals surface area (Å²) < 4.78 is 0. The first kappa shape index (κ1) is 14.5. The molecule has 0 fully saturated rings. The molecule has 1 amide bonds. The second-order valence-corrected chi connectivity index (χ2v) is 4.21. The zero-order valence-corrected chi connectivity index (χ0v) is 10.5. The topological polar surface area (TPSA) is 92.4 Å². The molecule has 0 spiro atoms. The van der Waals surface area contributed by atoms with Crippen molar-refractivity contribution in [1.29, 1.82) is 0 Å². The molecule has 0 aliphatic carbocycles. The van der Waals surface area contributed by atoms with Crippen LogP contribution in [0.15, 0.2) is 24.3 Å². The van der Waals surface area contributed by atoms with Crippen molar-refractivity contribution in [2.45, 2.75) is 18.9 Å². The lowest BCUT2D eigenvalue weighted by molar-refractivity contribution is -0.138. The molecule has 1 rings (SSSR count). The van der Waals surface area contributed by atoms with E-state index >= 15 is 0 Å². The molecule has 1 atom stereocenters. The standard InChI is InChI=1S/C12H15ClN2O3/c13-6-5-11(16)15-9-3-1-8(2-4-9)7-10(14)12(17)18/h1-4,10H,5-7,14H2,(H,15,16)(H,17,18)/t10-/m0/s1. The zero-order valence-electron chi connectivity index (χ0n) is 9.73. The summed E-state index contributed by atoms with van der Waals surface area (Å²) >= 11 is 5.44. The van der Waals surface area contributed by atoms with Crippen LogP contribution in [0.3, 0.4) is 0 Å². The average molecular weight is 271 g/mol. The molecule has 0 saturated heterocycles. The summed E-state index contributed by atoms with van der Waals surface area (Å²) in [4.78, 5) is 21.9. The number of carbonyl (C=O) groups excluding carboxylic acids is 1. The third-order valence-electron chi connectivity index (χ3n) is 2.33. The first-order chi connectivity index (χ1) is 8.52. The zero-order chi connectivity index (χ0) is 13.5. The van der Waals surface area contributed by atoms with Gasteiger partial charge in [-0.2, -0.15) is 0 Å². The number of nitrogens with one attached hydrogen (secondary N) is 1. The van der Waals surface area contributed by atoms with Gasteiger partial charge in [-0.05, 0) is 24.1 Å². The van der Waals surface area contributed by atoms with Gasteiger partial charge in [0, 0.05) is 18.0 Å². The Balaban J connectivity index is 2.57. The number of anilines is 1. The number of carboxylic acid groups (broad SMARTS) is 1. The molecule has 0 aliphatic rings. The van der Waals surface area contributed by atoms with Crippen molar-refractivity contribution in [2.24, 2.45) is 5.73 Å². The summed E-state index contributed by atoms with van der Waals surface area (Å²) in [7, 11) is 0. The highest BCUT2D eigenvalue weighted by molar-refractivity contribution is 6.19. The Bertz CT molecular complexity index is 420. The highest BCUT2D eigenvalue weighted by Gasteiger charge is 2.11. The summed E-state index contributed by atoms with van der Waals surface area (Å²) in [5.41, 5.74) is 6.88. The molecule has 98 valence electrons. The van der Waals surface area contributed by atoms with Crippen LogP contribution >= 0.6 is 11.6 Å². The molecule has 5 nitrogen and oxygen atoms in total. The lowest BCUT2D eigenvalue weighted by atomic mass is 10.1. The fourth-order valence-electron chi connectivity index (χ4n) is 1.37. The van der Waals surface area contributed by atoms with Gasteiger partial charge in [-0.15, -0.1) is 11.6 Å². The summed E-state index contributed by atoms with van der Waals surface area (Å²) in [5, 5.41) is 11.4. The monoisotopic (exact) mass is 270 g/mol. The molecule has 0 radical (unpaired) electrons. The number of alkyl halides is 1. The molecule has 0 heterocycles. The third-order valence-corrected chi connectivity index (χ3v) is 2.52. The van der Waals surface area contributed by atoms with E-state index in [1.54, 1.807) is 24.3 Å². The van der Waals surface area contributed by atoms with E-state index in [2.05, 4.69) is 5.32 Å². The Morgan fingerprint density at radius 3 is 2.44 bits per heavy atom. The maximum absolute atomic E-state index is 11.3. The van der Waals surface area contributed by atoms with Gasteiger partial charge in [0.1, 0.15) is 6.04 Å². The molecule has 0 bridgehead atoms. The first-order valence-electron chi connectivity index (χ1n) is 5.46. The van der Waals surface area contributed by atoms with E-state index in [0.29, 0.717) is 5.69 Å². The van der Waals surface area contributed by atoms with Crippen LogP contribution in [0.1, 0.15) is 12.0 Å². The van der Waals surface area contributed by atoms with Gasteiger partial charge in [-0.25, -0.2) is 0 Å². The number of amides is 1. The fourth-order valence-corrected chi connectivity index (χ4v) is 1.55. The van der Waals surface area contributed by atoms with E-state index in [9.17, 15) is 9.59 Å². The normalized spacial score (nSPS) is 11.9. The Kier molecular flexibility index (Phi) is 5.61. The smallest absolute Gasteiger partial charge is 0.320 e. The molecule has 1 aromatic carbocycles. The lowest BCUT2D eigenvalue weighted by Gasteiger charge is -2.08. The predicted octanol–water partition coefficient (Wildman–Crippen LogP) is 1.21. The van der Waals surface area contributed by atoms with Crippen molar-refractivity contribution in [3.05, 3.63) is 29.8 Å². The first-order valence-corrected chi connectivity index (χ1v) is 5.99. The molecule has 18 heavy (non-hydrogen) atoms. The van der Waals surface area contributed by atoms with Crippen molar-refractivity contribution < 1.29 is 14.7 Å². The molecule has 1 aromatic rings. The van der Waals surface area contributed by atoms with Crippen LogP contribution in [0.2, 0.25) is 0 Å². The van der Waals surface area contributed by atoms with Crippen molar-refractivity contribution in [1.82, 2.24) is 0 Å². The lowest BCUT2D eigenvalue weighted by Crippen LogP contribution is -2.32. The van der Waals surface area contributed by atoms with Crippen LogP contribution in [-0.4, -0.2) is 28.9 Å². The minimum Gasteiger partial charge on any atom is -0.480 e. The van der Waals surface area contributed by atoms with Crippen LogP contribution in [0.4, 0.5) is 5.69 Å². The van der Waals surface area contributed by atoms with Crippen LogP contribution in [0.5, 0.6) is 0 Å². The average Bonchev–Trinajstić information content (AvgIpc) is 2.31. The summed E-state index contributed by atoms with van der Waals surface area (Å²) in [5.74, 6) is -0.910. The quantitative estimate of drug-likeness (QED) is 0.678. The number of hydrogen-bond donors (Lipinski definition) is 3. The molecule has 4 N–H and O–H groups in total. The number of carboxylic acids is 1. The second-order valence-electron chi connectivity index (χ2n) is 3.83. The molecule has 6 heteroatoms. The van der Waals surface area contributed by atoms with Gasteiger partial charge in [-0.3, -0.25) is 9.59 Å². The van der Waals surface area contributed by atoms with Gasteiger partial charge < -0.3 is 16.2 Å². The number of hydrogen-bond acceptors (Lipinski definition) is 3.